The minimum Gasteiger partial charge on any atom is -0.461 e. The van der Waals surface area contributed by atoms with Crippen molar-refractivity contribution in [2.45, 2.75) is 38.5 Å². The second-order valence-corrected chi connectivity index (χ2v) is 8.13. The number of carbonyl (C=O) groups excluding carboxylic acids is 3. The van der Waals surface area contributed by atoms with E-state index < -0.39 is 48.4 Å². The summed E-state index contributed by atoms with van der Waals surface area (Å²) >= 11 is 6.01. The van der Waals surface area contributed by atoms with Crippen LogP contribution in [0.2, 0.25) is 5.02 Å². The van der Waals surface area contributed by atoms with Crippen molar-refractivity contribution in [3.8, 4) is 0 Å². The molecule has 3 aromatic rings. The third-order valence-corrected chi connectivity index (χ3v) is 5.61. The molecular formula is C25H24ClFN2O5. The van der Waals surface area contributed by atoms with Gasteiger partial charge in [-0.15, -0.1) is 0 Å². The van der Waals surface area contributed by atoms with Crippen molar-refractivity contribution >= 4 is 40.0 Å². The number of benzene rings is 2. The van der Waals surface area contributed by atoms with Crippen LogP contribution in [0.3, 0.4) is 0 Å². The molecule has 178 valence electrons. The van der Waals surface area contributed by atoms with Crippen LogP contribution >= 0.6 is 11.6 Å². The monoisotopic (exact) mass is 486 g/mol. The van der Waals surface area contributed by atoms with Gasteiger partial charge < -0.3 is 14.6 Å². The van der Waals surface area contributed by atoms with Crippen molar-refractivity contribution in [3.63, 3.8) is 0 Å². The lowest BCUT2D eigenvalue weighted by Gasteiger charge is -2.22. The first-order valence-electron chi connectivity index (χ1n) is 10.7. The standard InChI is InChI=1S/C25H24ClFN2O5/c1-2-21(29-11-10-17-8-9-18(26)12-19(17)25(29)33)24(32)28-20(22(30)14-27)13-23(31)34-15-16-6-4-3-5-7-16/h3-12,20-21H,2,13-15H2,1H3,(H,28,32). The molecule has 0 saturated heterocycles. The van der Waals surface area contributed by atoms with Crippen LogP contribution in [0.4, 0.5) is 4.39 Å². The van der Waals surface area contributed by atoms with E-state index in [4.69, 9.17) is 16.3 Å². The third kappa shape index (κ3) is 6.08. The first-order valence-corrected chi connectivity index (χ1v) is 11.1. The molecule has 1 heterocycles. The minimum atomic E-state index is -1.42. The Bertz CT molecular complexity index is 1250. The second kappa shape index (κ2) is 11.6. The molecule has 2 atom stereocenters. The predicted octanol–water partition coefficient (Wildman–Crippen LogP) is 3.76. The van der Waals surface area contributed by atoms with Crippen LogP contribution in [0.5, 0.6) is 0 Å². The van der Waals surface area contributed by atoms with Crippen LogP contribution in [-0.2, 0) is 25.7 Å². The molecule has 0 radical (unpaired) electrons. The van der Waals surface area contributed by atoms with E-state index in [1.54, 1.807) is 49.4 Å². The number of aromatic nitrogens is 1. The molecule has 3 rings (SSSR count). The number of carbonyl (C=O) groups is 3. The zero-order valence-electron chi connectivity index (χ0n) is 18.5. The van der Waals surface area contributed by atoms with Gasteiger partial charge in [0.1, 0.15) is 25.4 Å². The molecule has 0 aliphatic carbocycles. The summed E-state index contributed by atoms with van der Waals surface area (Å²) in [6.45, 7) is 0.317. The van der Waals surface area contributed by atoms with Crippen molar-refractivity contribution in [3.05, 3.63) is 81.7 Å². The number of fused-ring (bicyclic) bond motifs is 1. The molecule has 1 N–H and O–H groups in total. The van der Waals surface area contributed by atoms with Gasteiger partial charge in [0.15, 0.2) is 5.78 Å². The van der Waals surface area contributed by atoms with E-state index in [0.29, 0.717) is 15.8 Å². The zero-order valence-corrected chi connectivity index (χ0v) is 19.3. The number of pyridine rings is 1. The number of alkyl halides is 1. The molecule has 0 aliphatic heterocycles. The Labute approximate surface area is 200 Å². The molecule has 9 heteroatoms. The first kappa shape index (κ1) is 25.1. The summed E-state index contributed by atoms with van der Waals surface area (Å²) in [7, 11) is 0. The lowest BCUT2D eigenvalue weighted by molar-refractivity contribution is -0.147. The lowest BCUT2D eigenvalue weighted by atomic mass is 10.1. The van der Waals surface area contributed by atoms with Crippen molar-refractivity contribution in [2.24, 2.45) is 0 Å². The fourth-order valence-corrected chi connectivity index (χ4v) is 3.72. The predicted molar refractivity (Wildman–Crippen MR) is 126 cm³/mol. The van der Waals surface area contributed by atoms with E-state index in [0.717, 1.165) is 5.56 Å². The largest absolute Gasteiger partial charge is 0.461 e. The number of hydrogen-bond acceptors (Lipinski definition) is 5. The van der Waals surface area contributed by atoms with Gasteiger partial charge in [-0.1, -0.05) is 54.9 Å². The van der Waals surface area contributed by atoms with Gasteiger partial charge in [0, 0.05) is 16.6 Å². The zero-order chi connectivity index (χ0) is 24.7. The number of esters is 1. The van der Waals surface area contributed by atoms with Crippen LogP contribution in [-0.4, -0.2) is 34.9 Å². The highest BCUT2D eigenvalue weighted by Gasteiger charge is 2.28. The SMILES string of the molecule is CCC(C(=O)NC(CC(=O)OCc1ccccc1)C(=O)CF)n1ccc2ccc(Cl)cc2c1=O. The maximum atomic E-state index is 13.2. The highest BCUT2D eigenvalue weighted by atomic mass is 35.5. The van der Waals surface area contributed by atoms with Crippen molar-refractivity contribution in [1.82, 2.24) is 9.88 Å². The number of nitrogens with zero attached hydrogens (tertiary/aromatic N) is 1. The molecule has 1 amide bonds. The van der Waals surface area contributed by atoms with Gasteiger partial charge in [0.25, 0.3) is 5.56 Å². The molecule has 2 aromatic carbocycles. The third-order valence-electron chi connectivity index (χ3n) is 5.37. The molecule has 2 unspecified atom stereocenters. The molecule has 34 heavy (non-hydrogen) atoms. The van der Waals surface area contributed by atoms with Crippen LogP contribution in [0.1, 0.15) is 31.4 Å². The molecule has 0 saturated carbocycles. The quantitative estimate of drug-likeness (QED) is 0.440. The summed E-state index contributed by atoms with van der Waals surface area (Å²) in [5.41, 5.74) is 0.313. The summed E-state index contributed by atoms with van der Waals surface area (Å²) in [5, 5.41) is 3.79. The number of rotatable bonds is 10. The molecular weight excluding hydrogens is 463 g/mol. The van der Waals surface area contributed by atoms with E-state index in [9.17, 15) is 23.6 Å². The van der Waals surface area contributed by atoms with Crippen molar-refractivity contribution in [1.29, 1.82) is 0 Å². The number of Topliss-reactive ketones (excluding diaryl/α,β-unsaturated/α-hetero) is 1. The Kier molecular flexibility index (Phi) is 8.54. The van der Waals surface area contributed by atoms with Crippen LogP contribution in [0.25, 0.3) is 10.8 Å². The Morgan fingerprint density at radius 1 is 1.12 bits per heavy atom. The lowest BCUT2D eigenvalue weighted by Crippen LogP contribution is -2.47. The molecule has 0 fully saturated rings. The topological polar surface area (TPSA) is 94.5 Å². The van der Waals surface area contributed by atoms with Gasteiger partial charge in [0.05, 0.1) is 6.42 Å². The fraction of sp³-hybridized carbons (Fsp3) is 0.280. The minimum absolute atomic E-state index is 0.0171. The summed E-state index contributed by atoms with van der Waals surface area (Å²) in [6, 6.07) is 13.1. The Balaban J connectivity index is 1.75. The highest BCUT2D eigenvalue weighted by molar-refractivity contribution is 6.31. The Morgan fingerprint density at radius 2 is 1.85 bits per heavy atom. The second-order valence-electron chi connectivity index (χ2n) is 7.70. The number of ether oxygens (including phenoxy) is 1. The van der Waals surface area contributed by atoms with Crippen LogP contribution in [0, 0.1) is 0 Å². The van der Waals surface area contributed by atoms with Crippen LogP contribution in [0.15, 0.2) is 65.6 Å². The molecule has 1 aromatic heterocycles. The van der Waals surface area contributed by atoms with Gasteiger partial charge in [-0.2, -0.15) is 0 Å². The average molecular weight is 487 g/mol. The van der Waals surface area contributed by atoms with Gasteiger partial charge in [-0.3, -0.25) is 19.2 Å². The van der Waals surface area contributed by atoms with E-state index >= 15 is 0 Å². The van der Waals surface area contributed by atoms with E-state index in [1.807, 2.05) is 6.07 Å². The molecule has 0 bridgehead atoms. The normalized spacial score (nSPS) is 12.7. The number of hydrogen-bond donors (Lipinski definition) is 1. The average Bonchev–Trinajstić information content (AvgIpc) is 2.84. The van der Waals surface area contributed by atoms with Crippen molar-refractivity contribution in [2.75, 3.05) is 6.67 Å². The fourth-order valence-electron chi connectivity index (χ4n) is 3.55. The Morgan fingerprint density at radius 3 is 2.53 bits per heavy atom. The summed E-state index contributed by atoms with van der Waals surface area (Å²) in [6.07, 6.45) is 1.17. The number of nitrogens with one attached hydrogen (secondary N) is 1. The molecule has 0 aliphatic rings. The number of halogens is 2. The van der Waals surface area contributed by atoms with E-state index in [-0.39, 0.29) is 13.0 Å². The molecule has 7 nitrogen and oxygen atoms in total. The number of amides is 1. The van der Waals surface area contributed by atoms with Gasteiger partial charge in [-0.05, 0) is 35.6 Å². The summed E-state index contributed by atoms with van der Waals surface area (Å²) in [5.74, 6) is -2.41. The maximum absolute atomic E-state index is 13.2. The van der Waals surface area contributed by atoms with Gasteiger partial charge in [-0.25, -0.2) is 4.39 Å². The number of ketones is 1. The van der Waals surface area contributed by atoms with E-state index in [2.05, 4.69) is 5.32 Å². The smallest absolute Gasteiger partial charge is 0.308 e. The summed E-state index contributed by atoms with van der Waals surface area (Å²) < 4.78 is 19.5. The maximum Gasteiger partial charge on any atom is 0.308 e. The van der Waals surface area contributed by atoms with E-state index in [1.165, 1.54) is 16.8 Å². The highest BCUT2D eigenvalue weighted by Crippen LogP contribution is 2.18. The van der Waals surface area contributed by atoms with Crippen LogP contribution < -0.4 is 10.9 Å². The van der Waals surface area contributed by atoms with Gasteiger partial charge in [0.2, 0.25) is 5.91 Å². The summed E-state index contributed by atoms with van der Waals surface area (Å²) in [4.78, 5) is 50.3. The Hall–Kier alpha value is -3.52. The molecule has 0 spiro atoms. The van der Waals surface area contributed by atoms with Gasteiger partial charge >= 0.3 is 5.97 Å². The van der Waals surface area contributed by atoms with Crippen molar-refractivity contribution < 1.29 is 23.5 Å². The first-order chi connectivity index (χ1) is 16.3.